The number of halogens is 3. The SMILES string of the molecule is CC(C)N(CCOc1ccc(N)c(C(F)(F)F)c1)C(C)C. The van der Waals surface area contributed by atoms with Gasteiger partial charge in [0.15, 0.2) is 0 Å². The van der Waals surface area contributed by atoms with Crippen LogP contribution in [0.1, 0.15) is 33.3 Å². The number of ether oxygens (including phenoxy) is 1. The Balaban J connectivity index is 2.68. The molecule has 0 heterocycles. The maximum absolute atomic E-state index is 12.7. The van der Waals surface area contributed by atoms with Crippen LogP contribution in [0.2, 0.25) is 0 Å². The summed E-state index contributed by atoms with van der Waals surface area (Å²) in [6.07, 6.45) is -4.47. The van der Waals surface area contributed by atoms with Crippen molar-refractivity contribution >= 4 is 5.69 Å². The molecule has 21 heavy (non-hydrogen) atoms. The molecule has 0 saturated heterocycles. The summed E-state index contributed by atoms with van der Waals surface area (Å²) in [7, 11) is 0. The minimum absolute atomic E-state index is 0.184. The van der Waals surface area contributed by atoms with Crippen molar-refractivity contribution in [1.82, 2.24) is 4.90 Å². The summed E-state index contributed by atoms with van der Waals surface area (Å²) < 4.78 is 43.7. The number of hydrogen-bond donors (Lipinski definition) is 1. The first-order valence-corrected chi connectivity index (χ1v) is 6.98. The summed E-state index contributed by atoms with van der Waals surface area (Å²) in [6, 6.07) is 4.33. The van der Waals surface area contributed by atoms with Crippen LogP contribution in [0.5, 0.6) is 5.75 Å². The lowest BCUT2D eigenvalue weighted by atomic mass is 10.1. The highest BCUT2D eigenvalue weighted by molar-refractivity contribution is 5.51. The molecule has 0 spiro atoms. The van der Waals surface area contributed by atoms with Crippen molar-refractivity contribution in [2.24, 2.45) is 0 Å². The van der Waals surface area contributed by atoms with Crippen LogP contribution >= 0.6 is 0 Å². The Morgan fingerprint density at radius 3 is 2.19 bits per heavy atom. The smallest absolute Gasteiger partial charge is 0.418 e. The quantitative estimate of drug-likeness (QED) is 0.813. The van der Waals surface area contributed by atoms with Crippen LogP contribution in [0.4, 0.5) is 18.9 Å². The Morgan fingerprint density at radius 2 is 1.71 bits per heavy atom. The van der Waals surface area contributed by atoms with E-state index in [-0.39, 0.29) is 11.4 Å². The lowest BCUT2D eigenvalue weighted by Crippen LogP contribution is -2.39. The molecule has 0 aromatic heterocycles. The zero-order valence-electron chi connectivity index (χ0n) is 12.9. The largest absolute Gasteiger partial charge is 0.492 e. The Labute approximate surface area is 123 Å². The Hall–Kier alpha value is -1.43. The maximum atomic E-state index is 12.7. The molecule has 1 aromatic rings. The molecule has 6 heteroatoms. The number of nitrogens with two attached hydrogens (primary N) is 1. The second kappa shape index (κ2) is 7.02. The van der Waals surface area contributed by atoms with E-state index in [2.05, 4.69) is 32.6 Å². The summed E-state index contributed by atoms with van der Waals surface area (Å²) in [5, 5.41) is 0. The molecule has 3 nitrogen and oxygen atoms in total. The summed E-state index contributed by atoms with van der Waals surface area (Å²) in [4.78, 5) is 2.21. The molecule has 120 valence electrons. The minimum atomic E-state index is -4.47. The van der Waals surface area contributed by atoms with E-state index in [1.165, 1.54) is 12.1 Å². The van der Waals surface area contributed by atoms with E-state index in [4.69, 9.17) is 10.5 Å². The Morgan fingerprint density at radius 1 is 1.14 bits per heavy atom. The number of nitrogen functional groups attached to an aromatic ring is 1. The first-order chi connectivity index (χ1) is 9.62. The third-order valence-corrected chi connectivity index (χ3v) is 3.27. The lowest BCUT2D eigenvalue weighted by Gasteiger charge is -2.30. The second-order valence-electron chi connectivity index (χ2n) is 5.52. The van der Waals surface area contributed by atoms with E-state index in [1.54, 1.807) is 0 Å². The lowest BCUT2D eigenvalue weighted by molar-refractivity contribution is -0.137. The van der Waals surface area contributed by atoms with E-state index in [9.17, 15) is 13.2 Å². The normalized spacial score (nSPS) is 12.5. The molecule has 0 radical (unpaired) electrons. The summed E-state index contributed by atoms with van der Waals surface area (Å²) >= 11 is 0. The highest BCUT2D eigenvalue weighted by Gasteiger charge is 2.33. The predicted octanol–water partition coefficient (Wildman–Crippen LogP) is 3.79. The van der Waals surface area contributed by atoms with Gasteiger partial charge in [0.25, 0.3) is 0 Å². The molecule has 1 aromatic carbocycles. The van der Waals surface area contributed by atoms with Gasteiger partial charge in [0.1, 0.15) is 12.4 Å². The number of hydrogen-bond acceptors (Lipinski definition) is 3. The van der Waals surface area contributed by atoms with Gasteiger partial charge in [-0.15, -0.1) is 0 Å². The second-order valence-corrected chi connectivity index (χ2v) is 5.52. The standard InChI is InChI=1S/C15H23F3N2O/c1-10(2)20(11(3)4)7-8-21-12-5-6-14(19)13(9-12)15(16,17)18/h5-6,9-11H,7-8,19H2,1-4H3. The highest BCUT2D eigenvalue weighted by atomic mass is 19.4. The molecular weight excluding hydrogens is 281 g/mol. The summed E-state index contributed by atoms with van der Waals surface area (Å²) in [5.74, 6) is 0.184. The van der Waals surface area contributed by atoms with Crippen molar-refractivity contribution in [3.63, 3.8) is 0 Å². The van der Waals surface area contributed by atoms with Gasteiger partial charge in [-0.2, -0.15) is 13.2 Å². The van der Waals surface area contributed by atoms with Crippen LogP contribution in [-0.2, 0) is 6.18 Å². The van der Waals surface area contributed by atoms with Gasteiger partial charge in [-0.1, -0.05) is 0 Å². The minimum Gasteiger partial charge on any atom is -0.492 e. The monoisotopic (exact) mass is 304 g/mol. The number of rotatable bonds is 6. The summed E-state index contributed by atoms with van der Waals surface area (Å²) in [6.45, 7) is 9.28. The topological polar surface area (TPSA) is 38.5 Å². The molecule has 0 atom stereocenters. The van der Waals surface area contributed by atoms with E-state index < -0.39 is 11.7 Å². The van der Waals surface area contributed by atoms with E-state index in [0.29, 0.717) is 25.2 Å². The van der Waals surface area contributed by atoms with Crippen LogP contribution in [0.3, 0.4) is 0 Å². The van der Waals surface area contributed by atoms with Gasteiger partial charge < -0.3 is 10.5 Å². The van der Waals surface area contributed by atoms with Crippen molar-refractivity contribution in [3.05, 3.63) is 23.8 Å². The van der Waals surface area contributed by atoms with Crippen molar-refractivity contribution in [3.8, 4) is 5.75 Å². The van der Waals surface area contributed by atoms with Gasteiger partial charge in [-0.25, -0.2) is 0 Å². The zero-order chi connectivity index (χ0) is 16.2. The van der Waals surface area contributed by atoms with Gasteiger partial charge in [-0.3, -0.25) is 4.90 Å². The van der Waals surface area contributed by atoms with Gasteiger partial charge in [-0.05, 0) is 45.9 Å². The zero-order valence-corrected chi connectivity index (χ0v) is 12.9. The molecular formula is C15H23F3N2O. The molecule has 1 rings (SSSR count). The predicted molar refractivity (Wildman–Crippen MR) is 78.3 cm³/mol. The number of anilines is 1. The molecule has 0 aliphatic carbocycles. The molecule has 0 aliphatic heterocycles. The van der Waals surface area contributed by atoms with Gasteiger partial charge in [0, 0.05) is 24.3 Å². The fourth-order valence-corrected chi connectivity index (χ4v) is 2.25. The molecule has 0 amide bonds. The van der Waals surface area contributed by atoms with Crippen LogP contribution in [-0.4, -0.2) is 30.1 Å². The number of nitrogens with zero attached hydrogens (tertiary/aromatic N) is 1. The third-order valence-electron chi connectivity index (χ3n) is 3.27. The summed E-state index contributed by atoms with van der Waals surface area (Å²) in [5.41, 5.74) is 4.20. The molecule has 0 saturated carbocycles. The molecule has 2 N–H and O–H groups in total. The molecule has 0 bridgehead atoms. The Kier molecular flexibility index (Phi) is 5.89. The van der Waals surface area contributed by atoms with Crippen LogP contribution in [0.15, 0.2) is 18.2 Å². The van der Waals surface area contributed by atoms with Crippen molar-refractivity contribution in [2.75, 3.05) is 18.9 Å². The molecule has 0 aliphatic rings. The van der Waals surface area contributed by atoms with Crippen LogP contribution < -0.4 is 10.5 Å². The number of alkyl halides is 3. The average Bonchev–Trinajstić information content (AvgIpc) is 2.34. The van der Waals surface area contributed by atoms with Crippen LogP contribution in [0.25, 0.3) is 0 Å². The van der Waals surface area contributed by atoms with Gasteiger partial charge in [0.05, 0.1) is 5.56 Å². The third kappa shape index (κ3) is 5.12. The molecule has 0 fully saturated rings. The van der Waals surface area contributed by atoms with Crippen molar-refractivity contribution < 1.29 is 17.9 Å². The fourth-order valence-electron chi connectivity index (χ4n) is 2.25. The Bertz CT molecular complexity index is 451. The van der Waals surface area contributed by atoms with E-state index in [1.807, 2.05) is 0 Å². The molecule has 0 unspecified atom stereocenters. The maximum Gasteiger partial charge on any atom is 0.418 e. The van der Waals surface area contributed by atoms with Crippen LogP contribution in [0, 0.1) is 0 Å². The van der Waals surface area contributed by atoms with Crippen molar-refractivity contribution in [2.45, 2.75) is 46.0 Å². The fraction of sp³-hybridized carbons (Fsp3) is 0.600. The van der Waals surface area contributed by atoms with Gasteiger partial charge >= 0.3 is 6.18 Å². The first-order valence-electron chi connectivity index (χ1n) is 6.98. The average molecular weight is 304 g/mol. The highest BCUT2D eigenvalue weighted by Crippen LogP contribution is 2.35. The number of benzene rings is 1. The van der Waals surface area contributed by atoms with E-state index in [0.717, 1.165) is 6.07 Å². The van der Waals surface area contributed by atoms with E-state index >= 15 is 0 Å². The first kappa shape index (κ1) is 17.6. The van der Waals surface area contributed by atoms with Gasteiger partial charge in [0.2, 0.25) is 0 Å². The van der Waals surface area contributed by atoms with Crippen molar-refractivity contribution in [1.29, 1.82) is 0 Å².